The van der Waals surface area contributed by atoms with Crippen molar-refractivity contribution in [1.82, 2.24) is 0 Å². The third-order valence-electron chi connectivity index (χ3n) is 3.77. The Morgan fingerprint density at radius 3 is 2.25 bits per heavy atom. The van der Waals surface area contributed by atoms with Crippen molar-refractivity contribution >= 4 is 44.8 Å². The van der Waals surface area contributed by atoms with Crippen LogP contribution in [0.25, 0.3) is 0 Å². The van der Waals surface area contributed by atoms with Gasteiger partial charge in [-0.3, -0.25) is 0 Å². The van der Waals surface area contributed by atoms with Crippen molar-refractivity contribution in [3.63, 3.8) is 0 Å². The summed E-state index contributed by atoms with van der Waals surface area (Å²) < 4.78 is 1.01. The van der Waals surface area contributed by atoms with Gasteiger partial charge in [0.05, 0.1) is 0 Å². The highest BCUT2D eigenvalue weighted by Crippen LogP contribution is 2.39. The van der Waals surface area contributed by atoms with E-state index in [9.17, 15) is 0 Å². The summed E-state index contributed by atoms with van der Waals surface area (Å²) in [5.41, 5.74) is 2.48. The first-order chi connectivity index (χ1) is 9.61. The summed E-state index contributed by atoms with van der Waals surface area (Å²) in [6.07, 6.45) is 2.30. The van der Waals surface area contributed by atoms with Crippen LogP contribution in [0.15, 0.2) is 46.9 Å². The molecule has 0 heterocycles. The highest BCUT2D eigenvalue weighted by Gasteiger charge is 2.30. The summed E-state index contributed by atoms with van der Waals surface area (Å²) in [5, 5.41) is 5.10. The zero-order valence-corrected chi connectivity index (χ0v) is 13.8. The first kappa shape index (κ1) is 14.2. The topological polar surface area (TPSA) is 12.0 Å². The van der Waals surface area contributed by atoms with Crippen LogP contribution in [0.1, 0.15) is 24.3 Å². The van der Waals surface area contributed by atoms with Gasteiger partial charge in [0.25, 0.3) is 0 Å². The maximum absolute atomic E-state index is 5.95. The minimum absolute atomic E-state index is 0.521. The molecule has 104 valence electrons. The van der Waals surface area contributed by atoms with Gasteiger partial charge >= 0.3 is 0 Å². The largest absolute Gasteiger partial charge is 0.381 e. The Labute approximate surface area is 137 Å². The zero-order chi connectivity index (χ0) is 14.1. The third-order valence-corrected chi connectivity index (χ3v) is 4.91. The number of benzene rings is 2. The van der Waals surface area contributed by atoms with Crippen LogP contribution in [0, 0.1) is 0 Å². The quantitative estimate of drug-likeness (QED) is 0.686. The molecule has 0 saturated heterocycles. The Bertz CT molecular complexity index is 606. The fraction of sp³-hybridized carbons (Fsp3) is 0.250. The monoisotopic (exact) mass is 369 g/mol. The van der Waals surface area contributed by atoms with Gasteiger partial charge in [-0.1, -0.05) is 35.3 Å². The lowest BCUT2D eigenvalue weighted by Crippen LogP contribution is -2.34. The van der Waals surface area contributed by atoms with Crippen LogP contribution in [0.4, 0.5) is 5.69 Å². The second-order valence-corrected chi connectivity index (χ2v) is 6.91. The molecular formula is C16H14BrCl2N. The van der Waals surface area contributed by atoms with Crippen LogP contribution in [0.5, 0.6) is 0 Å². The number of nitrogens with one attached hydrogen (secondary N) is 1. The molecule has 4 heteroatoms. The lowest BCUT2D eigenvalue weighted by molar-refractivity contribution is 0.374. The summed E-state index contributed by atoms with van der Waals surface area (Å²) >= 11 is 15.4. The van der Waals surface area contributed by atoms with Crippen LogP contribution < -0.4 is 5.32 Å². The molecule has 2 aromatic carbocycles. The Morgan fingerprint density at radius 2 is 1.60 bits per heavy atom. The van der Waals surface area contributed by atoms with Crippen LogP contribution in [-0.4, -0.2) is 6.04 Å². The highest BCUT2D eigenvalue weighted by atomic mass is 79.9. The van der Waals surface area contributed by atoms with E-state index in [2.05, 4.69) is 33.4 Å². The minimum atomic E-state index is 0.521. The van der Waals surface area contributed by atoms with Crippen LogP contribution >= 0.6 is 39.1 Å². The number of anilines is 1. The third kappa shape index (κ3) is 3.13. The van der Waals surface area contributed by atoms with Gasteiger partial charge in [0, 0.05) is 26.2 Å². The maximum atomic E-state index is 5.95. The molecule has 1 aliphatic rings. The van der Waals surface area contributed by atoms with Crippen molar-refractivity contribution in [2.75, 3.05) is 5.32 Å². The van der Waals surface area contributed by atoms with Gasteiger partial charge < -0.3 is 5.32 Å². The van der Waals surface area contributed by atoms with E-state index in [-0.39, 0.29) is 0 Å². The molecule has 0 spiro atoms. The summed E-state index contributed by atoms with van der Waals surface area (Å²) in [6.45, 7) is 0. The summed E-state index contributed by atoms with van der Waals surface area (Å²) in [5.74, 6) is 0.635. The van der Waals surface area contributed by atoms with Crippen LogP contribution in [0.2, 0.25) is 10.0 Å². The Hall–Kier alpha value is -0.700. The molecule has 1 aliphatic carbocycles. The Kier molecular flexibility index (Phi) is 4.25. The number of hydrogen-bond donors (Lipinski definition) is 1. The van der Waals surface area contributed by atoms with E-state index in [1.165, 1.54) is 5.56 Å². The average molecular weight is 371 g/mol. The molecule has 2 aromatic rings. The van der Waals surface area contributed by atoms with E-state index in [4.69, 9.17) is 23.2 Å². The second kappa shape index (κ2) is 5.97. The molecule has 3 rings (SSSR count). The van der Waals surface area contributed by atoms with Gasteiger partial charge in [0.15, 0.2) is 0 Å². The molecule has 1 saturated carbocycles. The van der Waals surface area contributed by atoms with Gasteiger partial charge in [-0.15, -0.1) is 0 Å². The molecule has 0 aromatic heterocycles. The molecule has 0 amide bonds. The molecule has 0 unspecified atom stereocenters. The second-order valence-electron chi connectivity index (χ2n) is 5.19. The maximum Gasteiger partial charge on any atom is 0.0487 e. The standard InChI is InChI=1S/C16H14BrCl2N/c17-15-9-13(19)5-6-16(15)20-14-7-11(8-14)10-1-3-12(18)4-2-10/h1-6,9,11,14,20H,7-8H2. The summed E-state index contributed by atoms with van der Waals surface area (Å²) in [7, 11) is 0. The van der Waals surface area contributed by atoms with E-state index in [0.29, 0.717) is 12.0 Å². The summed E-state index contributed by atoms with van der Waals surface area (Å²) in [6, 6.07) is 14.5. The molecule has 0 radical (unpaired) electrons. The van der Waals surface area contributed by atoms with Crippen molar-refractivity contribution in [1.29, 1.82) is 0 Å². The SMILES string of the molecule is Clc1ccc(C2CC(Nc3ccc(Cl)cc3Br)C2)cc1. The average Bonchev–Trinajstić information content (AvgIpc) is 2.37. The van der Waals surface area contributed by atoms with Crippen molar-refractivity contribution in [2.45, 2.75) is 24.8 Å². The lowest BCUT2D eigenvalue weighted by atomic mass is 9.76. The van der Waals surface area contributed by atoms with Gasteiger partial charge in [-0.25, -0.2) is 0 Å². The van der Waals surface area contributed by atoms with E-state index in [1.807, 2.05) is 30.3 Å². The van der Waals surface area contributed by atoms with Gasteiger partial charge in [0.1, 0.15) is 0 Å². The van der Waals surface area contributed by atoms with E-state index >= 15 is 0 Å². The smallest absolute Gasteiger partial charge is 0.0487 e. The van der Waals surface area contributed by atoms with Crippen molar-refractivity contribution in [3.8, 4) is 0 Å². The first-order valence-corrected chi connectivity index (χ1v) is 8.14. The molecular weight excluding hydrogens is 357 g/mol. The lowest BCUT2D eigenvalue weighted by Gasteiger charge is -2.37. The molecule has 1 nitrogen and oxygen atoms in total. The Balaban J connectivity index is 1.59. The van der Waals surface area contributed by atoms with Crippen LogP contribution in [0.3, 0.4) is 0 Å². The van der Waals surface area contributed by atoms with Gasteiger partial charge in [0.2, 0.25) is 0 Å². The molecule has 20 heavy (non-hydrogen) atoms. The molecule has 0 bridgehead atoms. The van der Waals surface area contributed by atoms with Crippen molar-refractivity contribution < 1.29 is 0 Å². The molecule has 0 atom stereocenters. The normalized spacial score (nSPS) is 21.4. The van der Waals surface area contributed by atoms with Crippen molar-refractivity contribution in [2.24, 2.45) is 0 Å². The summed E-state index contributed by atoms with van der Waals surface area (Å²) in [4.78, 5) is 0. The van der Waals surface area contributed by atoms with Crippen LogP contribution in [-0.2, 0) is 0 Å². The first-order valence-electron chi connectivity index (χ1n) is 6.59. The fourth-order valence-electron chi connectivity index (χ4n) is 2.57. The predicted octanol–water partition coefficient (Wildman–Crippen LogP) is 6.11. The van der Waals surface area contributed by atoms with E-state index in [0.717, 1.165) is 33.0 Å². The van der Waals surface area contributed by atoms with E-state index in [1.54, 1.807) is 0 Å². The molecule has 0 aliphatic heterocycles. The number of halogens is 3. The minimum Gasteiger partial charge on any atom is -0.381 e. The van der Waals surface area contributed by atoms with Crippen molar-refractivity contribution in [3.05, 3.63) is 62.5 Å². The predicted molar refractivity (Wildman–Crippen MR) is 90.0 cm³/mol. The number of rotatable bonds is 3. The fourth-order valence-corrected chi connectivity index (χ4v) is 3.49. The van der Waals surface area contributed by atoms with Gasteiger partial charge in [-0.2, -0.15) is 0 Å². The molecule has 1 fully saturated rings. The number of hydrogen-bond acceptors (Lipinski definition) is 1. The van der Waals surface area contributed by atoms with E-state index < -0.39 is 0 Å². The Morgan fingerprint density at radius 1 is 0.950 bits per heavy atom. The molecule has 1 N–H and O–H groups in total. The van der Waals surface area contributed by atoms with Gasteiger partial charge in [-0.05, 0) is 70.6 Å². The zero-order valence-electron chi connectivity index (χ0n) is 10.7. The highest BCUT2D eigenvalue weighted by molar-refractivity contribution is 9.10.